The number of likely N-dealkylation sites (N-methyl/N-ethyl adjacent to an activating group) is 1. The van der Waals surface area contributed by atoms with Crippen molar-refractivity contribution in [3.05, 3.63) is 44.3 Å². The number of aliphatic imine (C=N–C) groups is 1. The average Bonchev–Trinajstić information content (AvgIpc) is 3.17. The summed E-state index contributed by atoms with van der Waals surface area (Å²) in [5.41, 5.74) is 0. The van der Waals surface area contributed by atoms with Gasteiger partial charge in [0.15, 0.2) is 5.96 Å². The number of hydrogen-bond acceptors (Lipinski definition) is 3. The quantitative estimate of drug-likeness (QED) is 0.406. The van der Waals surface area contributed by atoms with E-state index in [1.54, 1.807) is 0 Å². The van der Waals surface area contributed by atoms with Crippen LogP contribution in [0.25, 0.3) is 0 Å². The molecule has 2 aromatic rings. The molecule has 0 saturated carbocycles. The predicted octanol–water partition coefficient (Wildman–Crippen LogP) is 4.24. The molecule has 6 heteroatoms. The minimum absolute atomic E-state index is 0. The Hall–Kier alpha value is -0.600. The molecule has 0 spiro atoms. The van der Waals surface area contributed by atoms with Crippen molar-refractivity contribution in [2.45, 2.75) is 26.3 Å². The van der Waals surface area contributed by atoms with Gasteiger partial charge in [-0.05, 0) is 36.4 Å². The normalized spacial score (nSPS) is 11.1. The molecule has 0 saturated heterocycles. The maximum atomic E-state index is 4.37. The molecular formula is C16H24IN3S2. The highest BCUT2D eigenvalue weighted by Crippen LogP contribution is 2.16. The lowest BCUT2D eigenvalue weighted by molar-refractivity contribution is 0.487. The molecule has 0 bridgehead atoms. The van der Waals surface area contributed by atoms with Crippen LogP contribution in [0.1, 0.15) is 21.6 Å². The molecule has 0 fully saturated rings. The topological polar surface area (TPSA) is 27.6 Å². The van der Waals surface area contributed by atoms with Crippen LogP contribution in [0, 0.1) is 0 Å². The maximum Gasteiger partial charge on any atom is 0.193 e. The van der Waals surface area contributed by atoms with Gasteiger partial charge in [0.25, 0.3) is 0 Å². The number of hydrogen-bond donors (Lipinski definition) is 1. The van der Waals surface area contributed by atoms with E-state index < -0.39 is 0 Å². The van der Waals surface area contributed by atoms with Crippen LogP contribution in [0.2, 0.25) is 0 Å². The third kappa shape index (κ3) is 5.89. The number of nitrogens with one attached hydrogen (secondary N) is 1. The van der Waals surface area contributed by atoms with Crippen LogP contribution in [0.15, 0.2) is 34.6 Å². The highest BCUT2D eigenvalue weighted by Gasteiger charge is 2.07. The Bertz CT molecular complexity index is 564. The Morgan fingerprint density at radius 2 is 2.00 bits per heavy atom. The first-order valence-corrected chi connectivity index (χ1v) is 8.94. The van der Waals surface area contributed by atoms with Crippen molar-refractivity contribution in [2.24, 2.45) is 4.99 Å². The summed E-state index contributed by atoms with van der Waals surface area (Å²) in [4.78, 5) is 10.8. The summed E-state index contributed by atoms with van der Waals surface area (Å²) in [6.45, 7) is 4.02. The zero-order valence-corrected chi connectivity index (χ0v) is 17.3. The number of rotatable bonds is 6. The Balaban J connectivity index is 0.00000242. The van der Waals surface area contributed by atoms with E-state index in [9.17, 15) is 0 Å². The molecule has 3 nitrogen and oxygen atoms in total. The van der Waals surface area contributed by atoms with E-state index in [2.05, 4.69) is 58.8 Å². The van der Waals surface area contributed by atoms with Gasteiger partial charge in [-0.15, -0.1) is 46.7 Å². The molecule has 0 aliphatic rings. The van der Waals surface area contributed by atoms with Gasteiger partial charge in [0.2, 0.25) is 0 Å². The SMILES string of the molecule is CCc1ccc(CNC(=NC)N(C)CCc2cccs2)s1.I. The minimum Gasteiger partial charge on any atom is -0.351 e. The van der Waals surface area contributed by atoms with Crippen LogP contribution in [0.3, 0.4) is 0 Å². The second-order valence-corrected chi connectivity index (χ2v) is 7.16. The smallest absolute Gasteiger partial charge is 0.193 e. The zero-order chi connectivity index (χ0) is 15.1. The first-order chi connectivity index (χ1) is 10.2. The summed E-state index contributed by atoms with van der Waals surface area (Å²) >= 11 is 3.69. The Kier molecular flexibility index (Phi) is 9.04. The van der Waals surface area contributed by atoms with Gasteiger partial charge in [-0.3, -0.25) is 4.99 Å². The molecule has 0 radical (unpaired) electrons. The summed E-state index contributed by atoms with van der Waals surface area (Å²) in [5.74, 6) is 0.956. The van der Waals surface area contributed by atoms with Gasteiger partial charge in [-0.25, -0.2) is 0 Å². The van der Waals surface area contributed by atoms with Crippen molar-refractivity contribution in [2.75, 3.05) is 20.6 Å². The lowest BCUT2D eigenvalue weighted by Gasteiger charge is -2.21. The van der Waals surface area contributed by atoms with Crippen LogP contribution >= 0.6 is 46.7 Å². The summed E-state index contributed by atoms with van der Waals surface area (Å²) < 4.78 is 0. The second-order valence-electron chi connectivity index (χ2n) is 4.87. The second kappa shape index (κ2) is 10.2. The fraction of sp³-hybridized carbons (Fsp3) is 0.438. The van der Waals surface area contributed by atoms with Crippen LogP contribution in [-0.4, -0.2) is 31.5 Å². The Morgan fingerprint density at radius 3 is 2.59 bits per heavy atom. The molecule has 2 heterocycles. The fourth-order valence-corrected chi connectivity index (χ4v) is 3.69. The molecule has 0 aliphatic carbocycles. The van der Waals surface area contributed by atoms with E-state index in [4.69, 9.17) is 0 Å². The van der Waals surface area contributed by atoms with Crippen LogP contribution in [-0.2, 0) is 19.4 Å². The molecule has 0 atom stereocenters. The van der Waals surface area contributed by atoms with Crippen LogP contribution in [0.4, 0.5) is 0 Å². The summed E-state index contributed by atoms with van der Waals surface area (Å²) in [6.07, 6.45) is 2.17. The van der Waals surface area contributed by atoms with Crippen molar-refractivity contribution >= 4 is 52.6 Å². The van der Waals surface area contributed by atoms with Crippen molar-refractivity contribution in [1.82, 2.24) is 10.2 Å². The van der Waals surface area contributed by atoms with E-state index in [0.29, 0.717) is 0 Å². The van der Waals surface area contributed by atoms with Crippen LogP contribution in [0.5, 0.6) is 0 Å². The molecule has 0 unspecified atom stereocenters. The summed E-state index contributed by atoms with van der Waals surface area (Å²) in [5, 5.41) is 5.57. The van der Waals surface area contributed by atoms with E-state index in [0.717, 1.165) is 31.9 Å². The maximum absolute atomic E-state index is 4.37. The van der Waals surface area contributed by atoms with Gasteiger partial charge in [-0.1, -0.05) is 13.0 Å². The first-order valence-electron chi connectivity index (χ1n) is 7.24. The van der Waals surface area contributed by atoms with Gasteiger partial charge in [0.05, 0.1) is 6.54 Å². The van der Waals surface area contributed by atoms with Crippen molar-refractivity contribution in [1.29, 1.82) is 0 Å². The monoisotopic (exact) mass is 449 g/mol. The zero-order valence-electron chi connectivity index (χ0n) is 13.3. The number of thiophene rings is 2. The van der Waals surface area contributed by atoms with E-state index in [1.165, 1.54) is 14.6 Å². The molecule has 0 amide bonds. The predicted molar refractivity (Wildman–Crippen MR) is 110 cm³/mol. The van der Waals surface area contributed by atoms with Gasteiger partial charge >= 0.3 is 0 Å². The molecule has 2 aromatic heterocycles. The van der Waals surface area contributed by atoms with E-state index in [1.807, 2.05) is 29.7 Å². The molecule has 122 valence electrons. The molecular weight excluding hydrogens is 425 g/mol. The van der Waals surface area contributed by atoms with E-state index >= 15 is 0 Å². The number of guanidine groups is 1. The van der Waals surface area contributed by atoms with E-state index in [-0.39, 0.29) is 24.0 Å². The van der Waals surface area contributed by atoms with Crippen molar-refractivity contribution in [3.8, 4) is 0 Å². The number of halogens is 1. The summed E-state index contributed by atoms with van der Waals surface area (Å²) in [6, 6.07) is 8.71. The third-order valence-corrected chi connectivity index (χ3v) is 5.50. The lowest BCUT2D eigenvalue weighted by Crippen LogP contribution is -2.39. The molecule has 1 N–H and O–H groups in total. The van der Waals surface area contributed by atoms with Crippen molar-refractivity contribution < 1.29 is 0 Å². The van der Waals surface area contributed by atoms with Gasteiger partial charge in [0.1, 0.15) is 0 Å². The standard InChI is InChI=1S/C16H23N3S2.HI/c1-4-13-7-8-15(21-13)12-18-16(17-2)19(3)10-9-14-6-5-11-20-14;/h5-8,11H,4,9-10,12H2,1-3H3,(H,17,18);1H. The highest BCUT2D eigenvalue weighted by atomic mass is 127. The fourth-order valence-electron chi connectivity index (χ4n) is 2.10. The molecule has 0 aromatic carbocycles. The van der Waals surface area contributed by atoms with Gasteiger partial charge in [0, 0.05) is 35.3 Å². The first kappa shape index (κ1) is 19.4. The molecule has 0 aliphatic heterocycles. The van der Waals surface area contributed by atoms with Crippen molar-refractivity contribution in [3.63, 3.8) is 0 Å². The highest BCUT2D eigenvalue weighted by molar-refractivity contribution is 14.0. The number of nitrogens with zero attached hydrogens (tertiary/aromatic N) is 2. The van der Waals surface area contributed by atoms with Crippen LogP contribution < -0.4 is 5.32 Å². The largest absolute Gasteiger partial charge is 0.351 e. The minimum atomic E-state index is 0. The summed E-state index contributed by atoms with van der Waals surface area (Å²) in [7, 11) is 3.94. The van der Waals surface area contributed by atoms with Gasteiger partial charge in [-0.2, -0.15) is 0 Å². The average molecular weight is 449 g/mol. The Labute approximate surface area is 158 Å². The number of aryl methyl sites for hydroxylation is 1. The molecule has 22 heavy (non-hydrogen) atoms. The Morgan fingerprint density at radius 1 is 1.23 bits per heavy atom. The molecule has 2 rings (SSSR count). The third-order valence-electron chi connectivity index (χ3n) is 3.33. The lowest BCUT2D eigenvalue weighted by atomic mass is 10.3. The van der Waals surface area contributed by atoms with Gasteiger partial charge < -0.3 is 10.2 Å².